The fourth-order valence-electron chi connectivity index (χ4n) is 2.56. The van der Waals surface area contributed by atoms with Crippen molar-refractivity contribution in [2.24, 2.45) is 0 Å². The lowest BCUT2D eigenvalue weighted by Gasteiger charge is -2.21. The molecule has 1 aromatic carbocycles. The van der Waals surface area contributed by atoms with Gasteiger partial charge in [0, 0.05) is 10.9 Å². The summed E-state index contributed by atoms with van der Waals surface area (Å²) in [5.74, 6) is 0. The van der Waals surface area contributed by atoms with E-state index in [1.807, 2.05) is 11.3 Å². The van der Waals surface area contributed by atoms with Gasteiger partial charge in [-0.05, 0) is 62.2 Å². The summed E-state index contributed by atoms with van der Waals surface area (Å²) in [5.41, 5.74) is 4.22. The second kappa shape index (κ2) is 7.61. The van der Waals surface area contributed by atoms with Gasteiger partial charge in [0.1, 0.15) is 0 Å². The number of nitrogens with one attached hydrogen (secondary N) is 1. The van der Waals surface area contributed by atoms with Crippen molar-refractivity contribution in [3.8, 4) is 0 Å². The molecule has 1 N–H and O–H groups in total. The maximum atomic E-state index is 3.72. The van der Waals surface area contributed by atoms with Crippen LogP contribution in [0.25, 0.3) is 0 Å². The zero-order valence-electron chi connectivity index (χ0n) is 12.8. The quantitative estimate of drug-likeness (QED) is 0.752. The van der Waals surface area contributed by atoms with Gasteiger partial charge in [-0.25, -0.2) is 0 Å². The van der Waals surface area contributed by atoms with Gasteiger partial charge in [0.05, 0.1) is 0 Å². The van der Waals surface area contributed by atoms with Crippen LogP contribution in [0.15, 0.2) is 35.7 Å². The molecular formula is C18H25NS. The van der Waals surface area contributed by atoms with Gasteiger partial charge in [0.15, 0.2) is 0 Å². The monoisotopic (exact) mass is 287 g/mol. The van der Waals surface area contributed by atoms with E-state index in [9.17, 15) is 0 Å². The highest BCUT2D eigenvalue weighted by Crippen LogP contribution is 2.25. The van der Waals surface area contributed by atoms with E-state index in [1.165, 1.54) is 34.4 Å². The van der Waals surface area contributed by atoms with Crippen LogP contribution < -0.4 is 5.32 Å². The third-order valence-electron chi connectivity index (χ3n) is 3.71. The molecule has 2 heteroatoms. The molecule has 0 fully saturated rings. The molecule has 0 bridgehead atoms. The van der Waals surface area contributed by atoms with Gasteiger partial charge < -0.3 is 5.32 Å². The molecule has 0 amide bonds. The first-order chi connectivity index (χ1) is 9.70. The zero-order chi connectivity index (χ0) is 14.4. The first-order valence-electron chi connectivity index (χ1n) is 7.53. The van der Waals surface area contributed by atoms with E-state index in [4.69, 9.17) is 0 Å². The van der Waals surface area contributed by atoms with Gasteiger partial charge in [-0.2, -0.15) is 0 Å². The minimum atomic E-state index is 0.469. The number of benzene rings is 1. The molecule has 2 aromatic rings. The van der Waals surface area contributed by atoms with Gasteiger partial charge in [0.2, 0.25) is 0 Å². The third kappa shape index (κ3) is 4.19. The van der Waals surface area contributed by atoms with Crippen LogP contribution >= 0.6 is 11.3 Å². The third-order valence-corrected chi connectivity index (χ3v) is 4.65. The standard InChI is InChI=1S/C18H25NS/c1-4-11-19-18(10-9-16-6-5-12-20-16)17-13-14(2)7-8-15(17)3/h5-8,12-13,18-19H,4,9-11H2,1-3H3. The molecule has 2 rings (SSSR count). The molecule has 0 spiro atoms. The minimum Gasteiger partial charge on any atom is -0.310 e. The number of thiophene rings is 1. The first kappa shape index (κ1) is 15.3. The van der Waals surface area contributed by atoms with Gasteiger partial charge in [-0.3, -0.25) is 0 Å². The molecule has 20 heavy (non-hydrogen) atoms. The van der Waals surface area contributed by atoms with Gasteiger partial charge >= 0.3 is 0 Å². The van der Waals surface area contributed by atoms with Crippen LogP contribution in [-0.2, 0) is 6.42 Å². The lowest BCUT2D eigenvalue weighted by molar-refractivity contribution is 0.498. The molecule has 1 aromatic heterocycles. The maximum Gasteiger partial charge on any atom is 0.0326 e. The van der Waals surface area contributed by atoms with Crippen molar-refractivity contribution < 1.29 is 0 Å². The Labute approximate surface area is 127 Å². The minimum absolute atomic E-state index is 0.469. The molecule has 1 nitrogen and oxygen atoms in total. The lowest BCUT2D eigenvalue weighted by Crippen LogP contribution is -2.23. The van der Waals surface area contributed by atoms with E-state index >= 15 is 0 Å². The van der Waals surface area contributed by atoms with Crippen molar-refractivity contribution in [1.29, 1.82) is 0 Å². The predicted octanol–water partition coefficient (Wildman–Crippen LogP) is 5.04. The number of aryl methyl sites for hydroxylation is 3. The first-order valence-corrected chi connectivity index (χ1v) is 8.41. The van der Waals surface area contributed by atoms with Crippen molar-refractivity contribution in [2.75, 3.05) is 6.54 Å². The maximum absolute atomic E-state index is 3.72. The largest absolute Gasteiger partial charge is 0.310 e. The van der Waals surface area contributed by atoms with Crippen molar-refractivity contribution in [3.63, 3.8) is 0 Å². The summed E-state index contributed by atoms with van der Waals surface area (Å²) in [6.07, 6.45) is 3.51. The fraction of sp³-hybridized carbons (Fsp3) is 0.444. The molecule has 1 atom stereocenters. The highest BCUT2D eigenvalue weighted by molar-refractivity contribution is 7.09. The average Bonchev–Trinajstić information content (AvgIpc) is 2.95. The molecule has 0 aliphatic rings. The Morgan fingerprint density at radius 3 is 2.75 bits per heavy atom. The molecule has 108 valence electrons. The van der Waals surface area contributed by atoms with Crippen LogP contribution in [-0.4, -0.2) is 6.54 Å². The Balaban J connectivity index is 2.11. The van der Waals surface area contributed by atoms with Crippen LogP contribution in [0.5, 0.6) is 0 Å². The number of hydrogen-bond acceptors (Lipinski definition) is 2. The Kier molecular flexibility index (Phi) is 5.81. The van der Waals surface area contributed by atoms with Crippen LogP contribution in [0, 0.1) is 13.8 Å². The van der Waals surface area contributed by atoms with E-state index in [2.05, 4.69) is 61.8 Å². The Morgan fingerprint density at radius 2 is 2.05 bits per heavy atom. The van der Waals surface area contributed by atoms with Gasteiger partial charge in [0.25, 0.3) is 0 Å². The van der Waals surface area contributed by atoms with E-state index < -0.39 is 0 Å². The summed E-state index contributed by atoms with van der Waals surface area (Å²) in [4.78, 5) is 1.48. The van der Waals surface area contributed by atoms with E-state index in [0.717, 1.165) is 13.0 Å². The molecule has 1 unspecified atom stereocenters. The van der Waals surface area contributed by atoms with Crippen LogP contribution in [0.2, 0.25) is 0 Å². The van der Waals surface area contributed by atoms with E-state index in [-0.39, 0.29) is 0 Å². The lowest BCUT2D eigenvalue weighted by atomic mass is 9.95. The normalized spacial score (nSPS) is 12.6. The molecule has 0 saturated heterocycles. The summed E-state index contributed by atoms with van der Waals surface area (Å²) in [6.45, 7) is 7.72. The van der Waals surface area contributed by atoms with E-state index in [0.29, 0.717) is 6.04 Å². The summed E-state index contributed by atoms with van der Waals surface area (Å²) < 4.78 is 0. The summed E-state index contributed by atoms with van der Waals surface area (Å²) in [6, 6.07) is 11.6. The highest BCUT2D eigenvalue weighted by Gasteiger charge is 2.13. The van der Waals surface area contributed by atoms with Crippen molar-refractivity contribution in [3.05, 3.63) is 57.3 Å². The highest BCUT2D eigenvalue weighted by atomic mass is 32.1. The van der Waals surface area contributed by atoms with Crippen LogP contribution in [0.3, 0.4) is 0 Å². The molecule has 0 radical (unpaired) electrons. The van der Waals surface area contributed by atoms with Crippen molar-refractivity contribution in [2.45, 2.75) is 46.1 Å². The van der Waals surface area contributed by atoms with Gasteiger partial charge in [-0.15, -0.1) is 11.3 Å². The summed E-state index contributed by atoms with van der Waals surface area (Å²) >= 11 is 1.86. The SMILES string of the molecule is CCCNC(CCc1cccs1)c1cc(C)ccc1C. The summed E-state index contributed by atoms with van der Waals surface area (Å²) in [7, 11) is 0. The number of rotatable bonds is 7. The molecule has 0 aliphatic carbocycles. The van der Waals surface area contributed by atoms with Crippen LogP contribution in [0.1, 0.15) is 47.4 Å². The topological polar surface area (TPSA) is 12.0 Å². The summed E-state index contributed by atoms with van der Waals surface area (Å²) in [5, 5.41) is 5.89. The van der Waals surface area contributed by atoms with Crippen LogP contribution in [0.4, 0.5) is 0 Å². The Hall–Kier alpha value is -1.12. The molecular weight excluding hydrogens is 262 g/mol. The second-order valence-corrected chi connectivity index (χ2v) is 6.52. The Bertz CT molecular complexity index is 516. The average molecular weight is 287 g/mol. The fourth-order valence-corrected chi connectivity index (χ4v) is 3.29. The van der Waals surface area contributed by atoms with Crippen molar-refractivity contribution >= 4 is 11.3 Å². The van der Waals surface area contributed by atoms with Crippen molar-refractivity contribution in [1.82, 2.24) is 5.32 Å². The molecule has 1 heterocycles. The smallest absolute Gasteiger partial charge is 0.0326 e. The molecule has 0 saturated carbocycles. The number of hydrogen-bond donors (Lipinski definition) is 1. The predicted molar refractivity (Wildman–Crippen MR) is 89.6 cm³/mol. The van der Waals surface area contributed by atoms with Gasteiger partial charge in [-0.1, -0.05) is 36.8 Å². The van der Waals surface area contributed by atoms with E-state index in [1.54, 1.807) is 0 Å². The molecule has 0 aliphatic heterocycles. The second-order valence-electron chi connectivity index (χ2n) is 5.48. The zero-order valence-corrected chi connectivity index (χ0v) is 13.6. The Morgan fingerprint density at radius 1 is 1.20 bits per heavy atom.